The molecule has 0 radical (unpaired) electrons. The van der Waals surface area contributed by atoms with E-state index in [1.807, 2.05) is 6.07 Å². The van der Waals surface area contributed by atoms with Crippen LogP contribution in [0.25, 0.3) is 0 Å². The van der Waals surface area contributed by atoms with E-state index in [0.717, 1.165) is 16.5 Å². The van der Waals surface area contributed by atoms with Crippen LogP contribution in [0.2, 0.25) is 0 Å². The predicted octanol–water partition coefficient (Wildman–Crippen LogP) is 1.84. The Morgan fingerprint density at radius 3 is 2.65 bits per heavy atom. The molecular weight excluding hydrogens is 414 g/mol. The van der Waals surface area contributed by atoms with Crippen molar-refractivity contribution in [3.8, 4) is 0 Å². The second-order valence-electron chi connectivity index (χ2n) is 7.21. The number of likely N-dealkylation sites (N-methyl/N-ethyl adjacent to an activating group) is 1. The van der Waals surface area contributed by atoms with E-state index >= 15 is 0 Å². The van der Waals surface area contributed by atoms with Gasteiger partial charge in [0.25, 0.3) is 5.91 Å². The van der Waals surface area contributed by atoms with Crippen LogP contribution in [0, 0.1) is 5.41 Å². The number of halogens is 1. The molecule has 1 amide bonds. The third-order valence-electron chi connectivity index (χ3n) is 5.85. The number of thiocarbonyl (C=S) groups is 1. The van der Waals surface area contributed by atoms with Crippen molar-refractivity contribution in [2.24, 2.45) is 5.41 Å². The standard InChI is InChI=1S/C18H16BrN5OS/c1-23-14(25)18(22-16(23)26)13-7-12(19)4-3-11(13)8-17(18)9-24(10-17)15-20-5-2-6-21-15/h2-7H,8-10H2,1H3,(H,22,26). The topological polar surface area (TPSA) is 61.4 Å². The number of fused-ring (bicyclic) bond motifs is 3. The fourth-order valence-corrected chi connectivity index (χ4v) is 5.24. The molecule has 3 aliphatic rings. The Bertz CT molecular complexity index is 946. The number of anilines is 1. The summed E-state index contributed by atoms with van der Waals surface area (Å²) in [5.74, 6) is 0.722. The molecule has 0 bridgehead atoms. The van der Waals surface area contributed by atoms with Crippen LogP contribution >= 0.6 is 28.1 Å². The molecule has 1 aromatic heterocycles. The molecule has 0 saturated carbocycles. The predicted molar refractivity (Wildman–Crippen MR) is 105 cm³/mol. The third-order valence-corrected chi connectivity index (χ3v) is 6.72. The zero-order valence-corrected chi connectivity index (χ0v) is 16.5. The summed E-state index contributed by atoms with van der Waals surface area (Å²) in [6.07, 6.45) is 4.31. The highest BCUT2D eigenvalue weighted by molar-refractivity contribution is 9.10. The van der Waals surface area contributed by atoms with Crippen LogP contribution in [-0.4, -0.2) is 46.0 Å². The number of carbonyl (C=O) groups is 1. The second kappa shape index (κ2) is 5.23. The first-order chi connectivity index (χ1) is 12.5. The van der Waals surface area contributed by atoms with Gasteiger partial charge in [-0.1, -0.05) is 22.0 Å². The van der Waals surface area contributed by atoms with Gasteiger partial charge < -0.3 is 10.2 Å². The first-order valence-electron chi connectivity index (χ1n) is 8.38. The van der Waals surface area contributed by atoms with Crippen LogP contribution < -0.4 is 10.2 Å². The first kappa shape index (κ1) is 16.1. The summed E-state index contributed by atoms with van der Waals surface area (Å²) >= 11 is 8.99. The lowest BCUT2D eigenvalue weighted by molar-refractivity contribution is -0.136. The second-order valence-corrected chi connectivity index (χ2v) is 8.51. The summed E-state index contributed by atoms with van der Waals surface area (Å²) in [5, 5.41) is 3.88. The van der Waals surface area contributed by atoms with E-state index in [1.54, 1.807) is 30.4 Å². The Kier molecular flexibility index (Phi) is 3.25. The van der Waals surface area contributed by atoms with E-state index in [4.69, 9.17) is 12.2 Å². The van der Waals surface area contributed by atoms with Crippen molar-refractivity contribution in [3.05, 3.63) is 52.3 Å². The van der Waals surface area contributed by atoms with Crippen LogP contribution in [0.1, 0.15) is 11.1 Å². The molecule has 2 saturated heterocycles. The normalized spacial score (nSPS) is 25.6. The molecule has 1 atom stereocenters. The number of hydrogen-bond donors (Lipinski definition) is 1. The van der Waals surface area contributed by atoms with Gasteiger partial charge in [-0.3, -0.25) is 9.69 Å². The first-order valence-corrected chi connectivity index (χ1v) is 9.58. The minimum atomic E-state index is -0.816. The summed E-state index contributed by atoms with van der Waals surface area (Å²) in [7, 11) is 1.74. The average Bonchev–Trinajstić information content (AvgIpc) is 3.02. The monoisotopic (exact) mass is 429 g/mol. The van der Waals surface area contributed by atoms with E-state index in [1.165, 1.54) is 5.56 Å². The molecule has 1 aliphatic carbocycles. The van der Waals surface area contributed by atoms with Gasteiger partial charge in [-0.2, -0.15) is 0 Å². The summed E-state index contributed by atoms with van der Waals surface area (Å²) in [5.41, 5.74) is 1.14. The van der Waals surface area contributed by atoms with Crippen LogP contribution in [0.5, 0.6) is 0 Å². The number of nitrogens with one attached hydrogen (secondary N) is 1. The van der Waals surface area contributed by atoms with Crippen LogP contribution in [0.3, 0.4) is 0 Å². The Morgan fingerprint density at radius 2 is 2.00 bits per heavy atom. The van der Waals surface area contributed by atoms with E-state index in [9.17, 15) is 4.79 Å². The quantitative estimate of drug-likeness (QED) is 0.697. The van der Waals surface area contributed by atoms with Gasteiger partial charge in [-0.05, 0) is 48.0 Å². The maximum absolute atomic E-state index is 13.4. The Balaban J connectivity index is 1.61. The van der Waals surface area contributed by atoms with Crippen LogP contribution in [0.15, 0.2) is 41.1 Å². The molecule has 2 aliphatic heterocycles. The summed E-state index contributed by atoms with van der Waals surface area (Å²) in [6.45, 7) is 1.41. The molecule has 8 heteroatoms. The van der Waals surface area contributed by atoms with Crippen molar-refractivity contribution in [2.45, 2.75) is 12.0 Å². The molecule has 1 aromatic carbocycles. The zero-order valence-electron chi connectivity index (χ0n) is 14.1. The minimum absolute atomic E-state index is 0.0213. The average molecular weight is 430 g/mol. The van der Waals surface area contributed by atoms with Gasteiger partial charge in [0.1, 0.15) is 0 Å². The van der Waals surface area contributed by atoms with Crippen LogP contribution in [-0.2, 0) is 16.8 Å². The van der Waals surface area contributed by atoms with Gasteiger partial charge >= 0.3 is 0 Å². The highest BCUT2D eigenvalue weighted by Crippen LogP contribution is 2.58. The van der Waals surface area contributed by atoms with Gasteiger partial charge in [0, 0.05) is 42.4 Å². The highest BCUT2D eigenvalue weighted by atomic mass is 79.9. The number of carbonyl (C=O) groups excluding carboxylic acids is 1. The molecule has 26 heavy (non-hydrogen) atoms. The van der Waals surface area contributed by atoms with E-state index < -0.39 is 5.54 Å². The molecule has 2 spiro atoms. The molecule has 6 nitrogen and oxygen atoms in total. The lowest BCUT2D eigenvalue weighted by Crippen LogP contribution is -2.70. The molecule has 2 fully saturated rings. The maximum atomic E-state index is 13.4. The van der Waals surface area contributed by atoms with E-state index in [-0.39, 0.29) is 11.3 Å². The number of aromatic nitrogens is 2. The number of nitrogens with zero attached hydrogens (tertiary/aromatic N) is 4. The van der Waals surface area contributed by atoms with E-state index in [0.29, 0.717) is 24.2 Å². The number of amides is 1. The number of hydrogen-bond acceptors (Lipinski definition) is 5. The molecule has 2 aromatic rings. The molecule has 1 unspecified atom stereocenters. The Labute approximate surface area is 164 Å². The molecule has 132 valence electrons. The molecular formula is C18H16BrN5OS. The Hall–Kier alpha value is -2.06. The van der Waals surface area contributed by atoms with Crippen molar-refractivity contribution in [1.82, 2.24) is 20.2 Å². The summed E-state index contributed by atoms with van der Waals surface area (Å²) in [4.78, 5) is 25.8. The van der Waals surface area contributed by atoms with Crippen molar-refractivity contribution in [2.75, 3.05) is 25.0 Å². The van der Waals surface area contributed by atoms with Gasteiger partial charge in [0.15, 0.2) is 10.7 Å². The smallest absolute Gasteiger partial charge is 0.259 e. The maximum Gasteiger partial charge on any atom is 0.259 e. The molecule has 3 heterocycles. The van der Waals surface area contributed by atoms with Gasteiger partial charge in [-0.15, -0.1) is 0 Å². The summed E-state index contributed by atoms with van der Waals surface area (Å²) < 4.78 is 0.963. The Morgan fingerprint density at radius 1 is 1.27 bits per heavy atom. The van der Waals surface area contributed by atoms with Gasteiger partial charge in [0.05, 0.1) is 0 Å². The largest absolute Gasteiger partial charge is 0.344 e. The molecule has 1 N–H and O–H groups in total. The highest BCUT2D eigenvalue weighted by Gasteiger charge is 2.70. The van der Waals surface area contributed by atoms with Crippen LogP contribution in [0.4, 0.5) is 5.95 Å². The van der Waals surface area contributed by atoms with Crippen molar-refractivity contribution in [3.63, 3.8) is 0 Å². The third kappa shape index (κ3) is 1.86. The molecule has 5 rings (SSSR count). The minimum Gasteiger partial charge on any atom is -0.344 e. The fourth-order valence-electron chi connectivity index (χ4n) is 4.65. The fraction of sp³-hybridized carbons (Fsp3) is 0.333. The van der Waals surface area contributed by atoms with Crippen molar-refractivity contribution < 1.29 is 4.79 Å². The number of rotatable bonds is 1. The zero-order chi connectivity index (χ0) is 18.1. The van der Waals surface area contributed by atoms with Crippen molar-refractivity contribution in [1.29, 1.82) is 0 Å². The van der Waals surface area contributed by atoms with Gasteiger partial charge in [-0.25, -0.2) is 9.97 Å². The summed E-state index contributed by atoms with van der Waals surface area (Å²) in [6, 6.07) is 8.00. The van der Waals surface area contributed by atoms with E-state index in [2.05, 4.69) is 48.2 Å². The number of benzene rings is 1. The van der Waals surface area contributed by atoms with Gasteiger partial charge in [0.2, 0.25) is 5.95 Å². The van der Waals surface area contributed by atoms with Crippen molar-refractivity contribution >= 4 is 45.1 Å². The lowest BCUT2D eigenvalue weighted by Gasteiger charge is -2.54. The SMILES string of the molecule is CN1C(=O)C2(NC1=S)c1cc(Br)ccc1CC21CN(c2ncccn2)C1. The lowest BCUT2D eigenvalue weighted by atomic mass is 9.64.